The highest BCUT2D eigenvalue weighted by Gasteiger charge is 2.26. The number of hydrogen-bond donors (Lipinski definition) is 2. The Bertz CT molecular complexity index is 398. The van der Waals surface area contributed by atoms with E-state index in [9.17, 15) is 5.11 Å². The van der Waals surface area contributed by atoms with Gasteiger partial charge >= 0.3 is 0 Å². The zero-order valence-corrected chi connectivity index (χ0v) is 7.47. The van der Waals surface area contributed by atoms with Gasteiger partial charge in [0, 0.05) is 5.56 Å². The molecule has 1 aliphatic rings. The topological polar surface area (TPSA) is 79.3 Å². The van der Waals surface area contributed by atoms with E-state index in [0.717, 1.165) is 0 Å². The first-order valence-electron chi connectivity index (χ1n) is 4.33. The van der Waals surface area contributed by atoms with Crippen LogP contribution in [0.15, 0.2) is 18.2 Å². The minimum atomic E-state index is -0.698. The normalized spacial score (nSPS) is 24.6. The number of nitrogens with zero attached hydrogens (tertiary/aromatic N) is 1. The molecule has 0 saturated carbocycles. The van der Waals surface area contributed by atoms with Gasteiger partial charge < -0.3 is 15.6 Å². The van der Waals surface area contributed by atoms with Crippen LogP contribution in [0.25, 0.3) is 0 Å². The van der Waals surface area contributed by atoms with Gasteiger partial charge in [-0.3, -0.25) is 0 Å². The number of benzene rings is 1. The molecule has 0 bridgehead atoms. The van der Waals surface area contributed by atoms with Gasteiger partial charge in [-0.05, 0) is 18.2 Å². The molecular weight excluding hydrogens is 180 g/mol. The summed E-state index contributed by atoms with van der Waals surface area (Å²) in [4.78, 5) is 0. The van der Waals surface area contributed by atoms with E-state index in [-0.39, 0.29) is 6.61 Å². The SMILES string of the molecule is N#Cc1ccc2c(c1)[C@H](N)[C@@H](O)CO2. The van der Waals surface area contributed by atoms with Crippen LogP contribution in [0.1, 0.15) is 17.2 Å². The standard InChI is InChI=1S/C10H10N2O2/c11-4-6-1-2-9-7(3-6)10(12)8(13)5-14-9/h1-3,8,10,13H,5,12H2/t8-,10-/m0/s1. The molecule has 3 N–H and O–H groups in total. The predicted octanol–water partition coefficient (Wildman–Crippen LogP) is 0.311. The highest BCUT2D eigenvalue weighted by Crippen LogP contribution is 2.31. The molecule has 2 atom stereocenters. The summed E-state index contributed by atoms with van der Waals surface area (Å²) in [7, 11) is 0. The summed E-state index contributed by atoms with van der Waals surface area (Å²) in [5, 5.41) is 18.2. The quantitative estimate of drug-likeness (QED) is 0.617. The van der Waals surface area contributed by atoms with Crippen LogP contribution in [-0.4, -0.2) is 17.8 Å². The van der Waals surface area contributed by atoms with Crippen molar-refractivity contribution in [3.8, 4) is 11.8 Å². The molecule has 1 aromatic carbocycles. The smallest absolute Gasteiger partial charge is 0.124 e. The van der Waals surface area contributed by atoms with Gasteiger partial charge in [0.2, 0.25) is 0 Å². The summed E-state index contributed by atoms with van der Waals surface area (Å²) in [5.74, 6) is 0.654. The zero-order chi connectivity index (χ0) is 10.1. The average Bonchev–Trinajstić information content (AvgIpc) is 2.23. The van der Waals surface area contributed by atoms with Gasteiger partial charge in [0.15, 0.2) is 0 Å². The molecule has 4 heteroatoms. The average molecular weight is 190 g/mol. The summed E-state index contributed by atoms with van der Waals surface area (Å²) < 4.78 is 5.27. The molecule has 0 amide bonds. The molecule has 0 saturated heterocycles. The van der Waals surface area contributed by atoms with Gasteiger partial charge in [-0.25, -0.2) is 0 Å². The number of rotatable bonds is 0. The number of nitrogens with two attached hydrogens (primary N) is 1. The Morgan fingerprint density at radius 3 is 3.07 bits per heavy atom. The van der Waals surface area contributed by atoms with Crippen molar-refractivity contribution in [2.75, 3.05) is 6.61 Å². The Morgan fingerprint density at radius 2 is 2.36 bits per heavy atom. The minimum Gasteiger partial charge on any atom is -0.490 e. The molecule has 0 unspecified atom stereocenters. The highest BCUT2D eigenvalue weighted by molar-refractivity contribution is 5.45. The van der Waals surface area contributed by atoms with Crippen LogP contribution in [0.3, 0.4) is 0 Å². The zero-order valence-electron chi connectivity index (χ0n) is 7.47. The fourth-order valence-corrected chi connectivity index (χ4v) is 1.50. The van der Waals surface area contributed by atoms with E-state index in [2.05, 4.69) is 0 Å². The molecule has 0 fully saturated rings. The van der Waals surface area contributed by atoms with Gasteiger partial charge in [0.25, 0.3) is 0 Å². The first-order chi connectivity index (χ1) is 6.72. The third-order valence-electron chi connectivity index (χ3n) is 2.32. The van der Waals surface area contributed by atoms with Crippen LogP contribution in [0.4, 0.5) is 0 Å². The minimum absolute atomic E-state index is 0.208. The maximum Gasteiger partial charge on any atom is 0.124 e. The van der Waals surface area contributed by atoms with Crippen molar-refractivity contribution in [2.45, 2.75) is 12.1 Å². The molecule has 0 spiro atoms. The van der Waals surface area contributed by atoms with Gasteiger partial charge in [-0.1, -0.05) is 0 Å². The van der Waals surface area contributed by atoms with Crippen LogP contribution in [0.2, 0.25) is 0 Å². The summed E-state index contributed by atoms with van der Waals surface area (Å²) in [6.45, 7) is 0.208. The van der Waals surface area contributed by atoms with Crippen molar-refractivity contribution in [1.82, 2.24) is 0 Å². The molecule has 0 radical (unpaired) electrons. The predicted molar refractivity (Wildman–Crippen MR) is 49.6 cm³/mol. The number of aliphatic hydroxyl groups is 1. The van der Waals surface area contributed by atoms with Crippen LogP contribution in [0.5, 0.6) is 5.75 Å². The van der Waals surface area contributed by atoms with Gasteiger partial charge in [0.05, 0.1) is 17.7 Å². The Kier molecular flexibility index (Phi) is 2.12. The monoisotopic (exact) mass is 190 g/mol. The number of nitriles is 1. The van der Waals surface area contributed by atoms with Crippen LogP contribution in [0, 0.1) is 11.3 Å². The molecule has 0 aromatic heterocycles. The van der Waals surface area contributed by atoms with Crippen molar-refractivity contribution in [3.05, 3.63) is 29.3 Å². The van der Waals surface area contributed by atoms with Crippen molar-refractivity contribution < 1.29 is 9.84 Å². The Morgan fingerprint density at radius 1 is 1.57 bits per heavy atom. The Balaban J connectivity index is 2.47. The number of aliphatic hydroxyl groups excluding tert-OH is 1. The molecule has 4 nitrogen and oxygen atoms in total. The molecule has 1 aliphatic heterocycles. The number of ether oxygens (including phenoxy) is 1. The van der Waals surface area contributed by atoms with Gasteiger partial charge in [-0.15, -0.1) is 0 Å². The van der Waals surface area contributed by atoms with Crippen molar-refractivity contribution in [1.29, 1.82) is 5.26 Å². The molecule has 2 rings (SSSR count). The van der Waals surface area contributed by atoms with Crippen LogP contribution < -0.4 is 10.5 Å². The number of hydrogen-bond acceptors (Lipinski definition) is 4. The largest absolute Gasteiger partial charge is 0.490 e. The fourth-order valence-electron chi connectivity index (χ4n) is 1.50. The van der Waals surface area contributed by atoms with Crippen molar-refractivity contribution >= 4 is 0 Å². The van der Waals surface area contributed by atoms with Crippen LogP contribution >= 0.6 is 0 Å². The first-order valence-corrected chi connectivity index (χ1v) is 4.33. The Hall–Kier alpha value is -1.57. The summed E-state index contributed by atoms with van der Waals surface area (Å²) in [6.07, 6.45) is -0.698. The van der Waals surface area contributed by atoms with E-state index in [0.29, 0.717) is 16.9 Å². The number of fused-ring (bicyclic) bond motifs is 1. The second kappa shape index (κ2) is 3.29. The van der Waals surface area contributed by atoms with Gasteiger partial charge in [-0.2, -0.15) is 5.26 Å². The maximum atomic E-state index is 9.46. The Labute approximate surface area is 81.5 Å². The fraction of sp³-hybridized carbons (Fsp3) is 0.300. The summed E-state index contributed by atoms with van der Waals surface area (Å²) >= 11 is 0. The second-order valence-electron chi connectivity index (χ2n) is 3.27. The summed E-state index contributed by atoms with van der Waals surface area (Å²) in [5.41, 5.74) is 7.00. The third-order valence-corrected chi connectivity index (χ3v) is 2.32. The second-order valence-corrected chi connectivity index (χ2v) is 3.27. The van der Waals surface area contributed by atoms with E-state index in [1.165, 1.54) is 0 Å². The van der Waals surface area contributed by atoms with E-state index < -0.39 is 12.1 Å². The molecule has 72 valence electrons. The molecule has 14 heavy (non-hydrogen) atoms. The van der Waals surface area contributed by atoms with E-state index in [4.69, 9.17) is 15.7 Å². The lowest BCUT2D eigenvalue weighted by Crippen LogP contribution is -2.35. The van der Waals surface area contributed by atoms with Crippen LogP contribution in [-0.2, 0) is 0 Å². The molecular formula is C10H10N2O2. The summed E-state index contributed by atoms with van der Waals surface area (Å²) in [6, 6.07) is 6.59. The van der Waals surface area contributed by atoms with E-state index in [1.54, 1.807) is 18.2 Å². The van der Waals surface area contributed by atoms with Crippen molar-refractivity contribution in [2.24, 2.45) is 5.73 Å². The molecule has 1 heterocycles. The maximum absolute atomic E-state index is 9.46. The first kappa shape index (κ1) is 9.00. The highest BCUT2D eigenvalue weighted by atomic mass is 16.5. The van der Waals surface area contributed by atoms with Gasteiger partial charge in [0.1, 0.15) is 18.5 Å². The third kappa shape index (κ3) is 1.33. The lowest BCUT2D eigenvalue weighted by Gasteiger charge is -2.27. The molecule has 0 aliphatic carbocycles. The van der Waals surface area contributed by atoms with Crippen molar-refractivity contribution in [3.63, 3.8) is 0 Å². The lowest BCUT2D eigenvalue weighted by molar-refractivity contribution is 0.0678. The lowest BCUT2D eigenvalue weighted by atomic mass is 9.97. The molecule has 1 aromatic rings. The van der Waals surface area contributed by atoms with E-state index >= 15 is 0 Å². The van der Waals surface area contributed by atoms with E-state index in [1.807, 2.05) is 6.07 Å².